The van der Waals surface area contributed by atoms with Crippen molar-refractivity contribution in [3.8, 4) is 11.5 Å². The van der Waals surface area contributed by atoms with Gasteiger partial charge in [0.2, 0.25) is 5.95 Å². The van der Waals surface area contributed by atoms with Crippen LogP contribution in [-0.2, 0) is 6.54 Å². The number of nitrogens with one attached hydrogen (secondary N) is 1. The third-order valence-corrected chi connectivity index (χ3v) is 6.42. The quantitative estimate of drug-likeness (QED) is 0.646. The van der Waals surface area contributed by atoms with E-state index in [1.54, 1.807) is 6.20 Å². The van der Waals surface area contributed by atoms with Gasteiger partial charge in [-0.05, 0) is 32.6 Å². The highest BCUT2D eigenvalue weighted by Gasteiger charge is 2.36. The van der Waals surface area contributed by atoms with Crippen LogP contribution in [0.5, 0.6) is 11.5 Å². The van der Waals surface area contributed by atoms with Gasteiger partial charge in [-0.2, -0.15) is 4.98 Å². The summed E-state index contributed by atoms with van der Waals surface area (Å²) in [4.78, 5) is 25.1. The molecule has 33 heavy (non-hydrogen) atoms. The summed E-state index contributed by atoms with van der Waals surface area (Å²) in [7, 11) is 2.74. The smallest absolute Gasteiger partial charge is 0.330 e. The molecule has 0 unspecified atom stereocenters. The monoisotopic (exact) mass is 479 g/mol. The van der Waals surface area contributed by atoms with Crippen LogP contribution in [0, 0.1) is 5.82 Å². The Bertz CT molecular complexity index is 1020. The van der Waals surface area contributed by atoms with E-state index in [9.17, 15) is 9.90 Å². The van der Waals surface area contributed by atoms with E-state index < -0.39 is 11.8 Å². The van der Waals surface area contributed by atoms with Gasteiger partial charge in [-0.1, -0.05) is 11.6 Å². The van der Waals surface area contributed by atoms with E-state index >= 15 is 4.39 Å². The molecule has 2 N–H and O–H groups in total. The first-order valence-electron chi connectivity index (χ1n) is 10.9. The van der Waals surface area contributed by atoms with Gasteiger partial charge >= 0.3 is 6.03 Å². The van der Waals surface area contributed by atoms with Crippen LogP contribution < -0.4 is 24.6 Å². The van der Waals surface area contributed by atoms with Crippen LogP contribution >= 0.6 is 11.6 Å². The van der Waals surface area contributed by atoms with E-state index in [1.165, 1.54) is 30.1 Å². The molecular weight excluding hydrogens is 453 g/mol. The molecule has 2 aliphatic rings. The van der Waals surface area contributed by atoms with E-state index in [0.717, 1.165) is 25.7 Å². The maximum Gasteiger partial charge on any atom is 0.330 e. The molecule has 1 saturated carbocycles. The summed E-state index contributed by atoms with van der Waals surface area (Å²) >= 11 is 6.41. The van der Waals surface area contributed by atoms with Gasteiger partial charge in [0.05, 0.1) is 26.9 Å². The molecule has 0 atom stereocenters. The summed E-state index contributed by atoms with van der Waals surface area (Å²) in [6.07, 6.45) is 4.48. The molecule has 2 amide bonds. The number of urea groups is 1. The molecule has 1 fully saturated rings. The van der Waals surface area contributed by atoms with Crippen molar-refractivity contribution < 1.29 is 23.8 Å². The number of methoxy groups -OCH3 is 2. The molecule has 0 spiro atoms. The van der Waals surface area contributed by atoms with Crippen LogP contribution in [0.2, 0.25) is 5.02 Å². The Morgan fingerprint density at radius 1 is 1.24 bits per heavy atom. The highest BCUT2D eigenvalue weighted by atomic mass is 35.5. The number of nitrogens with zero attached hydrogens (tertiary/aromatic N) is 4. The van der Waals surface area contributed by atoms with Gasteiger partial charge in [0.25, 0.3) is 0 Å². The Balaban J connectivity index is 1.68. The Hall–Kier alpha value is -2.85. The van der Waals surface area contributed by atoms with E-state index in [4.69, 9.17) is 21.1 Å². The van der Waals surface area contributed by atoms with Crippen LogP contribution in [0.1, 0.15) is 38.2 Å². The first-order valence-corrected chi connectivity index (χ1v) is 11.2. The van der Waals surface area contributed by atoms with Crippen LogP contribution in [-0.4, -0.2) is 54.0 Å². The summed E-state index contributed by atoms with van der Waals surface area (Å²) in [6.45, 7) is 2.16. The first-order chi connectivity index (χ1) is 15.9. The summed E-state index contributed by atoms with van der Waals surface area (Å²) in [5.41, 5.74) is 0.531. The van der Waals surface area contributed by atoms with Crippen molar-refractivity contribution in [1.82, 2.24) is 9.97 Å². The number of aromatic nitrogens is 2. The molecule has 11 heteroatoms. The van der Waals surface area contributed by atoms with Crippen molar-refractivity contribution in [3.05, 3.63) is 28.7 Å². The Morgan fingerprint density at radius 2 is 1.94 bits per heavy atom. The van der Waals surface area contributed by atoms with Crippen molar-refractivity contribution >= 4 is 35.1 Å². The number of ether oxygens (including phenoxy) is 2. The van der Waals surface area contributed by atoms with E-state index in [-0.39, 0.29) is 40.9 Å². The second-order valence-electron chi connectivity index (χ2n) is 8.06. The molecule has 1 aromatic heterocycles. The van der Waals surface area contributed by atoms with Crippen molar-refractivity contribution in [2.24, 2.45) is 0 Å². The fourth-order valence-corrected chi connectivity index (χ4v) is 4.58. The third kappa shape index (κ3) is 4.37. The van der Waals surface area contributed by atoms with E-state index in [1.807, 2.05) is 6.92 Å². The fourth-order valence-electron chi connectivity index (χ4n) is 4.26. The van der Waals surface area contributed by atoms with E-state index in [0.29, 0.717) is 23.9 Å². The van der Waals surface area contributed by atoms with Crippen molar-refractivity contribution in [3.63, 3.8) is 0 Å². The predicted molar refractivity (Wildman–Crippen MR) is 123 cm³/mol. The normalized spacial score (nSPS) is 20.5. The summed E-state index contributed by atoms with van der Waals surface area (Å²) in [5, 5.41) is 13.0. The average Bonchev–Trinajstić information content (AvgIpc) is 2.81. The number of halogens is 2. The Morgan fingerprint density at radius 3 is 2.58 bits per heavy atom. The van der Waals surface area contributed by atoms with Gasteiger partial charge in [0, 0.05) is 30.4 Å². The van der Waals surface area contributed by atoms with Crippen LogP contribution in [0.25, 0.3) is 0 Å². The lowest BCUT2D eigenvalue weighted by Gasteiger charge is -2.36. The lowest BCUT2D eigenvalue weighted by Crippen LogP contribution is -2.48. The molecule has 1 aliphatic carbocycles. The molecule has 2 aromatic rings. The number of aliphatic hydroxyl groups excluding tert-OH is 1. The Labute approximate surface area is 196 Å². The summed E-state index contributed by atoms with van der Waals surface area (Å²) in [6, 6.07) is 1.04. The van der Waals surface area contributed by atoms with Crippen molar-refractivity contribution in [1.29, 1.82) is 0 Å². The minimum atomic E-state index is -0.755. The highest BCUT2D eigenvalue weighted by Crippen LogP contribution is 2.44. The number of fused-ring (bicyclic) bond motifs is 1. The summed E-state index contributed by atoms with van der Waals surface area (Å²) < 4.78 is 25.6. The standard InChI is InChI=1S/C22H27ClFN5O4/c1-4-28-20-12(10-25-21(27-20)26-13-5-7-14(30)8-6-13)11-29(22(28)31)19-17(23)15(32-2)9-16(33-3)18(19)24/h9-10,13-14,30H,4-8,11H2,1-3H3,(H,25,26,27). The van der Waals surface area contributed by atoms with Gasteiger partial charge in [0.15, 0.2) is 11.6 Å². The van der Waals surface area contributed by atoms with Crippen LogP contribution in [0.4, 0.5) is 26.6 Å². The predicted octanol–water partition coefficient (Wildman–Crippen LogP) is 3.97. The van der Waals surface area contributed by atoms with Gasteiger partial charge < -0.3 is 19.9 Å². The number of hydrogen-bond acceptors (Lipinski definition) is 7. The number of benzene rings is 1. The SMILES string of the molecule is CCN1C(=O)N(c2c(F)c(OC)cc(OC)c2Cl)Cc2cnc(NC3CCC(O)CC3)nc21. The zero-order chi connectivity index (χ0) is 23.7. The second-order valence-corrected chi connectivity index (χ2v) is 8.44. The van der Waals surface area contributed by atoms with Gasteiger partial charge in [-0.25, -0.2) is 14.2 Å². The number of aliphatic hydroxyl groups is 1. The first kappa shape index (κ1) is 23.3. The largest absolute Gasteiger partial charge is 0.495 e. The molecule has 2 heterocycles. The maximum atomic E-state index is 15.2. The molecule has 0 radical (unpaired) electrons. The second kappa shape index (κ2) is 9.56. The fraction of sp³-hybridized carbons (Fsp3) is 0.500. The zero-order valence-corrected chi connectivity index (χ0v) is 19.5. The van der Waals surface area contributed by atoms with Crippen molar-refractivity contribution in [2.75, 3.05) is 35.9 Å². The lowest BCUT2D eigenvalue weighted by atomic mass is 9.93. The minimum absolute atomic E-state index is 0.0256. The Kier molecular flexibility index (Phi) is 6.76. The van der Waals surface area contributed by atoms with Crippen LogP contribution in [0.3, 0.4) is 0 Å². The van der Waals surface area contributed by atoms with Crippen LogP contribution in [0.15, 0.2) is 12.3 Å². The topological polar surface area (TPSA) is 100 Å². The number of rotatable bonds is 6. The number of carbonyl (C=O) groups is 1. The van der Waals surface area contributed by atoms with Gasteiger partial charge in [0.1, 0.15) is 22.3 Å². The molecule has 178 valence electrons. The maximum absolute atomic E-state index is 15.2. The molecule has 1 aliphatic heterocycles. The van der Waals surface area contributed by atoms with Crippen molar-refractivity contribution in [2.45, 2.75) is 51.3 Å². The summed E-state index contributed by atoms with van der Waals surface area (Å²) in [5.74, 6) is 0.247. The molecule has 1 aromatic carbocycles. The average molecular weight is 480 g/mol. The molecule has 4 rings (SSSR count). The number of amides is 2. The minimum Gasteiger partial charge on any atom is -0.495 e. The number of anilines is 3. The molecule has 0 saturated heterocycles. The lowest BCUT2D eigenvalue weighted by molar-refractivity contribution is 0.126. The number of hydrogen-bond donors (Lipinski definition) is 2. The van der Waals surface area contributed by atoms with Gasteiger partial charge in [-0.15, -0.1) is 0 Å². The molecule has 9 nitrogen and oxygen atoms in total. The zero-order valence-electron chi connectivity index (χ0n) is 18.8. The number of carbonyl (C=O) groups excluding carboxylic acids is 1. The van der Waals surface area contributed by atoms with E-state index in [2.05, 4.69) is 15.3 Å². The third-order valence-electron chi connectivity index (χ3n) is 6.05. The van der Waals surface area contributed by atoms with Gasteiger partial charge in [-0.3, -0.25) is 9.80 Å². The molecule has 0 bridgehead atoms. The molecular formula is C22H27ClFN5O4. The highest BCUT2D eigenvalue weighted by molar-refractivity contribution is 6.35.